The molecule has 1 unspecified atom stereocenters. The van der Waals surface area contributed by atoms with Gasteiger partial charge in [-0.2, -0.15) is 0 Å². The van der Waals surface area contributed by atoms with Gasteiger partial charge in [-0.05, 0) is 17.4 Å². The van der Waals surface area contributed by atoms with Crippen LogP contribution < -0.4 is 5.32 Å². The standard InChI is InChI=1S/C20H28N2O5/c1-20(2,3)12-16-21-14(11-17(23)24)18(25)22(16)15(19(26)27-4)10-13-8-6-5-7-9-13/h5-9,14-16,21H,10-12H2,1-4H3,(H,23,24)/t14-,15-,16?/m0/s1. The molecule has 2 N–H and O–H groups in total. The highest BCUT2D eigenvalue weighted by Gasteiger charge is 2.46. The van der Waals surface area contributed by atoms with Crippen LogP contribution in [0.15, 0.2) is 30.3 Å². The third-order valence-electron chi connectivity index (χ3n) is 4.55. The van der Waals surface area contributed by atoms with Crippen molar-refractivity contribution < 1.29 is 24.2 Å². The second-order valence-electron chi connectivity index (χ2n) is 8.07. The summed E-state index contributed by atoms with van der Waals surface area (Å²) in [5.74, 6) is -1.95. The quantitative estimate of drug-likeness (QED) is 0.705. The molecule has 1 aliphatic rings. The average molecular weight is 376 g/mol. The Balaban J connectivity index is 2.36. The molecule has 1 aliphatic heterocycles. The summed E-state index contributed by atoms with van der Waals surface area (Å²) in [6, 6.07) is 7.72. The summed E-state index contributed by atoms with van der Waals surface area (Å²) in [6.07, 6.45) is 0.128. The first-order valence-corrected chi connectivity index (χ1v) is 9.04. The first-order valence-electron chi connectivity index (χ1n) is 9.04. The second kappa shape index (κ2) is 8.52. The number of carbonyl (C=O) groups is 3. The van der Waals surface area contributed by atoms with E-state index < -0.39 is 30.2 Å². The highest BCUT2D eigenvalue weighted by atomic mass is 16.5. The van der Waals surface area contributed by atoms with Gasteiger partial charge >= 0.3 is 11.9 Å². The van der Waals surface area contributed by atoms with Crippen molar-refractivity contribution in [1.29, 1.82) is 0 Å². The van der Waals surface area contributed by atoms with Crippen LogP contribution in [0.3, 0.4) is 0 Å². The number of amides is 1. The number of hydrogen-bond acceptors (Lipinski definition) is 5. The number of aliphatic carboxylic acids is 1. The zero-order valence-electron chi connectivity index (χ0n) is 16.3. The van der Waals surface area contributed by atoms with E-state index in [0.717, 1.165) is 5.56 Å². The van der Waals surface area contributed by atoms with Gasteiger partial charge in [0.2, 0.25) is 5.91 Å². The highest BCUT2D eigenvalue weighted by Crippen LogP contribution is 2.29. The van der Waals surface area contributed by atoms with Crippen molar-refractivity contribution in [3.05, 3.63) is 35.9 Å². The molecule has 0 radical (unpaired) electrons. The zero-order valence-corrected chi connectivity index (χ0v) is 16.3. The first kappa shape index (κ1) is 20.9. The van der Waals surface area contributed by atoms with Crippen LogP contribution >= 0.6 is 0 Å². The van der Waals surface area contributed by atoms with E-state index in [1.165, 1.54) is 12.0 Å². The number of carboxylic acid groups (broad SMARTS) is 1. The largest absolute Gasteiger partial charge is 0.481 e. The van der Waals surface area contributed by atoms with Gasteiger partial charge in [0.25, 0.3) is 0 Å². The SMILES string of the molecule is COC(=O)[C@H](Cc1ccccc1)N1C(=O)[C@H](CC(=O)O)NC1CC(C)(C)C. The number of esters is 1. The van der Waals surface area contributed by atoms with Crippen LogP contribution in [0.4, 0.5) is 0 Å². The second-order valence-corrected chi connectivity index (χ2v) is 8.07. The minimum absolute atomic E-state index is 0.123. The number of nitrogens with one attached hydrogen (secondary N) is 1. The van der Waals surface area contributed by atoms with Crippen molar-refractivity contribution in [2.24, 2.45) is 5.41 Å². The molecule has 1 heterocycles. The number of nitrogens with zero attached hydrogens (tertiary/aromatic N) is 1. The molecule has 1 saturated heterocycles. The summed E-state index contributed by atoms with van der Waals surface area (Å²) in [4.78, 5) is 38.1. The molecule has 0 aliphatic carbocycles. The number of methoxy groups -OCH3 is 1. The van der Waals surface area contributed by atoms with Gasteiger partial charge in [0.1, 0.15) is 6.04 Å². The molecule has 1 aromatic rings. The summed E-state index contributed by atoms with van der Waals surface area (Å²) in [6.45, 7) is 6.10. The van der Waals surface area contributed by atoms with Crippen LogP contribution in [0.1, 0.15) is 39.2 Å². The summed E-state index contributed by atoms with van der Waals surface area (Å²) in [5.41, 5.74) is 0.777. The fraction of sp³-hybridized carbons (Fsp3) is 0.550. The number of benzene rings is 1. The molecule has 1 fully saturated rings. The fourth-order valence-electron chi connectivity index (χ4n) is 3.41. The van der Waals surface area contributed by atoms with Gasteiger partial charge < -0.3 is 14.7 Å². The van der Waals surface area contributed by atoms with Crippen LogP contribution in [-0.2, 0) is 25.5 Å². The molecular weight excluding hydrogens is 348 g/mol. The molecule has 27 heavy (non-hydrogen) atoms. The molecule has 0 saturated carbocycles. The van der Waals surface area contributed by atoms with E-state index in [9.17, 15) is 14.4 Å². The smallest absolute Gasteiger partial charge is 0.328 e. The monoisotopic (exact) mass is 376 g/mol. The number of ether oxygens (including phenoxy) is 1. The van der Waals surface area contributed by atoms with E-state index in [-0.39, 0.29) is 17.7 Å². The molecule has 7 heteroatoms. The molecule has 1 amide bonds. The minimum atomic E-state index is -1.06. The Morgan fingerprint density at radius 2 is 1.89 bits per heavy atom. The molecule has 148 valence electrons. The van der Waals surface area contributed by atoms with E-state index >= 15 is 0 Å². The van der Waals surface area contributed by atoms with Crippen molar-refractivity contribution in [2.75, 3.05) is 7.11 Å². The van der Waals surface area contributed by atoms with Crippen molar-refractivity contribution in [1.82, 2.24) is 10.2 Å². The maximum absolute atomic E-state index is 13.0. The molecule has 0 spiro atoms. The van der Waals surface area contributed by atoms with Crippen molar-refractivity contribution in [3.8, 4) is 0 Å². The van der Waals surface area contributed by atoms with E-state index in [1.807, 2.05) is 51.1 Å². The Bertz CT molecular complexity index is 683. The molecule has 0 bridgehead atoms. The van der Waals surface area contributed by atoms with Gasteiger partial charge in [-0.1, -0.05) is 51.1 Å². The minimum Gasteiger partial charge on any atom is -0.481 e. The maximum atomic E-state index is 13.0. The summed E-state index contributed by atoms with van der Waals surface area (Å²) in [7, 11) is 1.29. The Labute approximate surface area is 159 Å². The fourth-order valence-corrected chi connectivity index (χ4v) is 3.41. The van der Waals surface area contributed by atoms with Gasteiger partial charge in [-0.3, -0.25) is 14.9 Å². The lowest BCUT2D eigenvalue weighted by atomic mass is 9.90. The lowest BCUT2D eigenvalue weighted by molar-refractivity contribution is -0.153. The van der Waals surface area contributed by atoms with Gasteiger partial charge in [-0.15, -0.1) is 0 Å². The first-order chi connectivity index (χ1) is 12.6. The Kier molecular flexibility index (Phi) is 6.59. The third-order valence-corrected chi connectivity index (χ3v) is 4.55. The number of hydrogen-bond donors (Lipinski definition) is 2. The normalized spacial score (nSPS) is 21.2. The molecule has 2 rings (SSSR count). The summed E-state index contributed by atoms with van der Waals surface area (Å²) < 4.78 is 4.96. The molecule has 1 aromatic carbocycles. The van der Waals surface area contributed by atoms with Gasteiger partial charge in [-0.25, -0.2) is 4.79 Å². The van der Waals surface area contributed by atoms with E-state index in [2.05, 4.69) is 5.32 Å². The van der Waals surface area contributed by atoms with Crippen LogP contribution in [0.5, 0.6) is 0 Å². The number of carbonyl (C=O) groups excluding carboxylic acids is 2. The van der Waals surface area contributed by atoms with Gasteiger partial charge in [0, 0.05) is 6.42 Å². The van der Waals surface area contributed by atoms with Crippen molar-refractivity contribution in [3.63, 3.8) is 0 Å². The molecule has 0 aromatic heterocycles. The lowest BCUT2D eigenvalue weighted by Crippen LogP contribution is -2.51. The maximum Gasteiger partial charge on any atom is 0.328 e. The summed E-state index contributed by atoms with van der Waals surface area (Å²) >= 11 is 0. The number of carboxylic acids is 1. The van der Waals surface area contributed by atoms with Crippen LogP contribution in [0, 0.1) is 5.41 Å². The van der Waals surface area contributed by atoms with Crippen molar-refractivity contribution in [2.45, 2.75) is 58.3 Å². The predicted octanol–water partition coefficient (Wildman–Crippen LogP) is 1.81. The lowest BCUT2D eigenvalue weighted by Gasteiger charge is -2.34. The molecule has 3 atom stereocenters. The Morgan fingerprint density at radius 1 is 1.26 bits per heavy atom. The summed E-state index contributed by atoms with van der Waals surface area (Å²) in [5, 5.41) is 12.2. The zero-order chi connectivity index (χ0) is 20.2. The highest BCUT2D eigenvalue weighted by molar-refractivity contribution is 5.92. The molecule has 7 nitrogen and oxygen atoms in total. The van der Waals surface area contributed by atoms with E-state index in [1.54, 1.807) is 0 Å². The Hall–Kier alpha value is -2.41. The van der Waals surface area contributed by atoms with Gasteiger partial charge in [0.15, 0.2) is 0 Å². The van der Waals surface area contributed by atoms with E-state index in [4.69, 9.17) is 9.84 Å². The van der Waals surface area contributed by atoms with Crippen LogP contribution in [0.2, 0.25) is 0 Å². The number of rotatable bonds is 7. The van der Waals surface area contributed by atoms with Gasteiger partial charge in [0.05, 0.1) is 25.7 Å². The van der Waals surface area contributed by atoms with E-state index in [0.29, 0.717) is 12.8 Å². The van der Waals surface area contributed by atoms with Crippen LogP contribution in [-0.4, -0.2) is 53.2 Å². The van der Waals surface area contributed by atoms with Crippen molar-refractivity contribution >= 4 is 17.8 Å². The predicted molar refractivity (Wildman–Crippen MR) is 99.8 cm³/mol. The van der Waals surface area contributed by atoms with Crippen LogP contribution in [0.25, 0.3) is 0 Å². The third kappa shape index (κ3) is 5.53. The Morgan fingerprint density at radius 3 is 2.41 bits per heavy atom. The average Bonchev–Trinajstić information content (AvgIpc) is 2.86. The topological polar surface area (TPSA) is 95.9 Å². The molecular formula is C20H28N2O5.